The third-order valence-electron chi connectivity index (χ3n) is 10.1. The minimum absolute atomic E-state index is 0.128. The lowest BCUT2D eigenvalue weighted by molar-refractivity contribution is 0.0682. The molecule has 4 aromatic rings. The average Bonchev–Trinajstić information content (AvgIpc) is 3.70. The summed E-state index contributed by atoms with van der Waals surface area (Å²) in [5.41, 5.74) is 9.27. The molecule has 51 heavy (non-hydrogen) atoms. The first-order valence-corrected chi connectivity index (χ1v) is 18.8. The average molecular weight is 735 g/mol. The maximum atomic E-state index is 13.5. The second-order valence-electron chi connectivity index (χ2n) is 14.4. The van der Waals surface area contributed by atoms with Crippen LogP contribution >= 0.6 is 23.2 Å². The molecule has 2 aromatic carbocycles. The van der Waals surface area contributed by atoms with Crippen LogP contribution in [-0.4, -0.2) is 67.6 Å². The maximum absolute atomic E-state index is 13.5. The zero-order valence-electron chi connectivity index (χ0n) is 30.8. The van der Waals surface area contributed by atoms with Gasteiger partial charge in [-0.15, -0.1) is 0 Å². The minimum Gasteiger partial charge on any atom is -0.477 e. The van der Waals surface area contributed by atoms with E-state index in [4.69, 9.17) is 28.3 Å². The number of benzene rings is 2. The van der Waals surface area contributed by atoms with Crippen molar-refractivity contribution in [2.24, 2.45) is 20.0 Å². The number of aromatic carboxylic acids is 1. The fourth-order valence-corrected chi connectivity index (χ4v) is 8.67. The summed E-state index contributed by atoms with van der Waals surface area (Å²) in [4.78, 5) is 31.3. The molecule has 0 spiro atoms. The monoisotopic (exact) mass is 733 g/mol. The van der Waals surface area contributed by atoms with Crippen LogP contribution in [0, 0.1) is 33.6 Å². The van der Waals surface area contributed by atoms with Crippen LogP contribution in [0.2, 0.25) is 10.0 Å². The summed E-state index contributed by atoms with van der Waals surface area (Å²) < 4.78 is 3.24. The number of halogens is 2. The standard InChI is InChI=1S/C23H31ClN4O.C16H18ClN3O2/c1-5-10-27(14-17-8-9-17)23(29)21-18-7-6-11-28(22(18)25-26(21)4)20-16(3)12-15(2)13-19(20)24;1-9-7-10(2)13(12(17)8-9)20-6-4-5-11-14(16(21)22)19(3)18-15(11)20/h12-13,17H,5-11,14H2,1-4H3;7-8H,4-6H2,1-3H3,(H,21,22). The molecule has 4 heterocycles. The Morgan fingerprint density at radius 1 is 0.804 bits per heavy atom. The van der Waals surface area contributed by atoms with Gasteiger partial charge in [0.1, 0.15) is 5.69 Å². The Bertz CT molecular complexity index is 1930. The molecule has 1 N–H and O–H groups in total. The van der Waals surface area contributed by atoms with Gasteiger partial charge in [0, 0.05) is 51.4 Å². The van der Waals surface area contributed by atoms with E-state index >= 15 is 0 Å². The van der Waals surface area contributed by atoms with Crippen molar-refractivity contribution >= 4 is 58.1 Å². The predicted octanol–water partition coefficient (Wildman–Crippen LogP) is 8.51. The van der Waals surface area contributed by atoms with Crippen LogP contribution in [0.25, 0.3) is 0 Å². The number of aryl methyl sites for hydroxylation is 6. The van der Waals surface area contributed by atoms with Crippen molar-refractivity contribution in [1.29, 1.82) is 0 Å². The topological polar surface area (TPSA) is 99.7 Å². The van der Waals surface area contributed by atoms with Gasteiger partial charge in [-0.05, 0) is 113 Å². The van der Waals surface area contributed by atoms with E-state index in [-0.39, 0.29) is 11.6 Å². The Hall–Kier alpha value is -4.02. The number of fused-ring (bicyclic) bond motifs is 2. The van der Waals surface area contributed by atoms with Crippen LogP contribution in [0.3, 0.4) is 0 Å². The molecule has 12 heteroatoms. The Kier molecular flexibility index (Phi) is 10.7. The van der Waals surface area contributed by atoms with E-state index in [0.29, 0.717) is 16.8 Å². The summed E-state index contributed by atoms with van der Waals surface area (Å²) >= 11 is 13.1. The Morgan fingerprint density at radius 3 is 1.71 bits per heavy atom. The highest BCUT2D eigenvalue weighted by atomic mass is 35.5. The van der Waals surface area contributed by atoms with Gasteiger partial charge in [0.2, 0.25) is 0 Å². The van der Waals surface area contributed by atoms with E-state index in [2.05, 4.69) is 42.9 Å². The van der Waals surface area contributed by atoms with Crippen LogP contribution in [0.4, 0.5) is 23.0 Å². The third kappa shape index (κ3) is 7.35. The predicted molar refractivity (Wildman–Crippen MR) is 205 cm³/mol. The number of anilines is 4. The van der Waals surface area contributed by atoms with E-state index in [1.54, 1.807) is 11.7 Å². The molecule has 0 bridgehead atoms. The number of carbonyl (C=O) groups is 2. The zero-order valence-corrected chi connectivity index (χ0v) is 32.3. The molecule has 1 amide bonds. The molecule has 7 rings (SSSR count). The van der Waals surface area contributed by atoms with E-state index in [0.717, 1.165) is 120 Å². The summed E-state index contributed by atoms with van der Waals surface area (Å²) in [5.74, 6) is 1.47. The van der Waals surface area contributed by atoms with Crippen LogP contribution in [0.15, 0.2) is 24.3 Å². The summed E-state index contributed by atoms with van der Waals surface area (Å²) in [6, 6.07) is 8.17. The van der Waals surface area contributed by atoms with E-state index in [9.17, 15) is 14.7 Å². The largest absolute Gasteiger partial charge is 0.477 e. The van der Waals surface area contributed by atoms with Gasteiger partial charge in [-0.3, -0.25) is 14.2 Å². The Morgan fingerprint density at radius 2 is 1.27 bits per heavy atom. The number of aromatic nitrogens is 4. The molecule has 0 saturated heterocycles. The molecule has 10 nitrogen and oxygen atoms in total. The van der Waals surface area contributed by atoms with Gasteiger partial charge in [0.05, 0.1) is 21.4 Å². The van der Waals surface area contributed by atoms with Gasteiger partial charge in [0.15, 0.2) is 17.3 Å². The van der Waals surface area contributed by atoms with Crippen LogP contribution in [-0.2, 0) is 26.9 Å². The first kappa shape index (κ1) is 36.8. The first-order chi connectivity index (χ1) is 24.3. The van der Waals surface area contributed by atoms with Gasteiger partial charge < -0.3 is 19.8 Å². The highest BCUT2D eigenvalue weighted by Crippen LogP contribution is 2.42. The summed E-state index contributed by atoms with van der Waals surface area (Å²) in [6.07, 6.45) is 6.94. The number of carbonyl (C=O) groups excluding carboxylic acids is 1. The van der Waals surface area contributed by atoms with Crippen molar-refractivity contribution in [3.63, 3.8) is 0 Å². The molecule has 0 unspecified atom stereocenters. The van der Waals surface area contributed by atoms with E-state index in [1.165, 1.54) is 17.5 Å². The number of amides is 1. The van der Waals surface area contributed by atoms with Crippen molar-refractivity contribution in [3.05, 3.63) is 79.1 Å². The minimum atomic E-state index is -0.940. The molecule has 1 fully saturated rings. The molecule has 1 saturated carbocycles. The van der Waals surface area contributed by atoms with Crippen molar-refractivity contribution in [1.82, 2.24) is 24.5 Å². The third-order valence-corrected chi connectivity index (χ3v) is 10.7. The number of nitrogens with zero attached hydrogens (tertiary/aromatic N) is 7. The van der Waals surface area contributed by atoms with Gasteiger partial charge >= 0.3 is 5.97 Å². The number of hydrogen-bond donors (Lipinski definition) is 1. The normalized spacial score (nSPS) is 15.2. The first-order valence-electron chi connectivity index (χ1n) is 18.0. The van der Waals surface area contributed by atoms with Gasteiger partial charge in [0.25, 0.3) is 5.91 Å². The molecule has 1 aliphatic carbocycles. The second-order valence-corrected chi connectivity index (χ2v) is 15.2. The molecule has 2 aromatic heterocycles. The summed E-state index contributed by atoms with van der Waals surface area (Å²) in [6.45, 7) is 13.6. The lowest BCUT2D eigenvalue weighted by Gasteiger charge is -2.30. The second kappa shape index (κ2) is 14.9. The summed E-state index contributed by atoms with van der Waals surface area (Å²) in [5, 5.41) is 20.1. The lowest BCUT2D eigenvalue weighted by Crippen LogP contribution is -2.35. The molecular weight excluding hydrogens is 685 g/mol. The van der Waals surface area contributed by atoms with Gasteiger partial charge in [-0.25, -0.2) is 4.79 Å². The molecular formula is C39H49Cl2N7O3. The number of carboxylic acids is 1. The quantitative estimate of drug-likeness (QED) is 0.194. The van der Waals surface area contributed by atoms with Gasteiger partial charge in [-0.1, -0.05) is 42.3 Å². The fraction of sp³-hybridized carbons (Fsp3) is 0.487. The van der Waals surface area contributed by atoms with Crippen molar-refractivity contribution in [2.75, 3.05) is 36.0 Å². The highest BCUT2D eigenvalue weighted by molar-refractivity contribution is 6.34. The number of carboxylic acid groups (broad SMARTS) is 1. The van der Waals surface area contributed by atoms with Crippen molar-refractivity contribution < 1.29 is 14.7 Å². The Balaban J connectivity index is 0.000000183. The van der Waals surface area contributed by atoms with Crippen LogP contribution < -0.4 is 9.80 Å². The van der Waals surface area contributed by atoms with Crippen LogP contribution in [0.1, 0.15) is 93.4 Å². The molecule has 0 atom stereocenters. The molecule has 272 valence electrons. The van der Waals surface area contributed by atoms with Crippen molar-refractivity contribution in [3.8, 4) is 0 Å². The highest BCUT2D eigenvalue weighted by Gasteiger charge is 2.34. The fourth-order valence-electron chi connectivity index (χ4n) is 7.82. The molecule has 0 radical (unpaired) electrons. The Labute approximate surface area is 310 Å². The number of rotatable bonds is 8. The van der Waals surface area contributed by atoms with Gasteiger partial charge in [-0.2, -0.15) is 10.2 Å². The summed E-state index contributed by atoms with van der Waals surface area (Å²) in [7, 11) is 3.57. The SMILES string of the molecule is CCCN(CC1CC1)C(=O)c1c2c(nn1C)N(c1c(C)cc(C)cc1Cl)CCC2.Cc1cc(C)c(N2CCCc3c2nn(C)c3C(=O)O)c(Cl)c1. The number of hydrogen-bond acceptors (Lipinski definition) is 6. The smallest absolute Gasteiger partial charge is 0.354 e. The van der Waals surface area contributed by atoms with E-state index in [1.807, 2.05) is 42.8 Å². The molecule has 2 aliphatic heterocycles. The van der Waals surface area contributed by atoms with E-state index < -0.39 is 5.97 Å². The lowest BCUT2D eigenvalue weighted by atomic mass is 10.0. The van der Waals surface area contributed by atoms with Crippen molar-refractivity contribution in [2.45, 2.75) is 79.6 Å². The molecule has 3 aliphatic rings. The zero-order chi connectivity index (χ0) is 36.7. The van der Waals surface area contributed by atoms with Crippen LogP contribution in [0.5, 0.6) is 0 Å². The maximum Gasteiger partial charge on any atom is 0.354 e.